The molecule has 156 valence electrons. The number of primary amides is 1. The van der Waals surface area contributed by atoms with Gasteiger partial charge in [-0.3, -0.25) is 9.59 Å². The van der Waals surface area contributed by atoms with Crippen molar-refractivity contribution in [2.45, 2.75) is 18.4 Å². The van der Waals surface area contributed by atoms with Crippen LogP contribution in [0.25, 0.3) is 0 Å². The SMILES string of the molecule is CCN(Cc1ccccc1)S(=O)(=O)c1ccc(C(=O)Nc2sccc2C(N)=O)cc1. The second kappa shape index (κ2) is 9.21. The van der Waals surface area contributed by atoms with Gasteiger partial charge in [-0.15, -0.1) is 11.3 Å². The number of carbonyl (C=O) groups is 2. The first kappa shape index (κ1) is 21.7. The first-order valence-corrected chi connectivity index (χ1v) is 11.5. The summed E-state index contributed by atoms with van der Waals surface area (Å²) in [6.45, 7) is 2.35. The fourth-order valence-electron chi connectivity index (χ4n) is 2.86. The molecule has 0 spiro atoms. The van der Waals surface area contributed by atoms with Gasteiger partial charge in [-0.2, -0.15) is 4.31 Å². The lowest BCUT2D eigenvalue weighted by Crippen LogP contribution is -2.30. The van der Waals surface area contributed by atoms with E-state index in [2.05, 4.69) is 5.32 Å². The van der Waals surface area contributed by atoms with E-state index in [1.54, 1.807) is 12.3 Å². The number of sulfonamides is 1. The number of benzene rings is 2. The van der Waals surface area contributed by atoms with Gasteiger partial charge in [0.15, 0.2) is 0 Å². The Balaban J connectivity index is 1.77. The lowest BCUT2D eigenvalue weighted by Gasteiger charge is -2.20. The molecule has 0 atom stereocenters. The summed E-state index contributed by atoms with van der Waals surface area (Å²) in [4.78, 5) is 24.0. The van der Waals surface area contributed by atoms with Crippen molar-refractivity contribution in [2.75, 3.05) is 11.9 Å². The Bertz CT molecular complexity index is 1140. The number of thiophene rings is 1. The van der Waals surface area contributed by atoms with E-state index in [0.717, 1.165) is 5.56 Å². The highest BCUT2D eigenvalue weighted by atomic mass is 32.2. The number of anilines is 1. The van der Waals surface area contributed by atoms with E-state index in [9.17, 15) is 18.0 Å². The van der Waals surface area contributed by atoms with E-state index in [4.69, 9.17) is 5.73 Å². The Morgan fingerprint density at radius 3 is 2.30 bits per heavy atom. The summed E-state index contributed by atoms with van der Waals surface area (Å²) in [6.07, 6.45) is 0. The molecule has 0 aliphatic carbocycles. The quantitative estimate of drug-likeness (QED) is 0.556. The molecule has 1 heterocycles. The van der Waals surface area contributed by atoms with Crippen LogP contribution in [0.4, 0.5) is 5.00 Å². The van der Waals surface area contributed by atoms with E-state index in [1.807, 2.05) is 30.3 Å². The second-order valence-corrected chi connectivity index (χ2v) is 9.28. The summed E-state index contributed by atoms with van der Waals surface area (Å²) in [7, 11) is -3.72. The molecule has 0 aliphatic heterocycles. The molecule has 30 heavy (non-hydrogen) atoms. The zero-order valence-corrected chi connectivity index (χ0v) is 17.9. The van der Waals surface area contributed by atoms with E-state index < -0.39 is 21.8 Å². The number of nitrogens with zero attached hydrogens (tertiary/aromatic N) is 1. The molecule has 7 nitrogen and oxygen atoms in total. The standard InChI is InChI=1S/C21H21N3O4S2/c1-2-24(14-15-6-4-3-5-7-15)30(27,28)17-10-8-16(9-11-17)20(26)23-21-18(19(22)25)12-13-29-21/h3-13H,2,14H2,1H3,(H2,22,25)(H,23,26). The van der Waals surface area contributed by atoms with Gasteiger partial charge < -0.3 is 11.1 Å². The predicted octanol–water partition coefficient (Wildman–Crippen LogP) is 3.31. The molecule has 0 saturated heterocycles. The number of hydrogen-bond donors (Lipinski definition) is 2. The average Bonchev–Trinajstić information content (AvgIpc) is 3.21. The highest BCUT2D eigenvalue weighted by molar-refractivity contribution is 7.89. The Labute approximate surface area is 179 Å². The van der Waals surface area contributed by atoms with Crippen molar-refractivity contribution in [1.29, 1.82) is 0 Å². The van der Waals surface area contributed by atoms with Crippen molar-refractivity contribution >= 4 is 38.2 Å². The van der Waals surface area contributed by atoms with Crippen molar-refractivity contribution in [1.82, 2.24) is 4.31 Å². The van der Waals surface area contributed by atoms with Gasteiger partial charge in [-0.05, 0) is 41.3 Å². The van der Waals surface area contributed by atoms with Gasteiger partial charge in [0.1, 0.15) is 5.00 Å². The molecule has 0 bridgehead atoms. The molecule has 0 unspecified atom stereocenters. The van der Waals surface area contributed by atoms with Crippen LogP contribution in [-0.4, -0.2) is 31.1 Å². The van der Waals surface area contributed by atoms with Gasteiger partial charge in [0.05, 0.1) is 10.5 Å². The van der Waals surface area contributed by atoms with Crippen molar-refractivity contribution in [3.63, 3.8) is 0 Å². The normalized spacial score (nSPS) is 11.4. The van der Waals surface area contributed by atoms with Crippen LogP contribution in [0.3, 0.4) is 0 Å². The summed E-state index contributed by atoms with van der Waals surface area (Å²) >= 11 is 1.18. The second-order valence-electron chi connectivity index (χ2n) is 6.42. The topological polar surface area (TPSA) is 110 Å². The number of nitrogens with one attached hydrogen (secondary N) is 1. The summed E-state index contributed by atoms with van der Waals surface area (Å²) in [5.41, 5.74) is 6.67. The minimum atomic E-state index is -3.72. The van der Waals surface area contributed by atoms with Crippen LogP contribution < -0.4 is 11.1 Å². The molecule has 3 rings (SSSR count). The monoisotopic (exact) mass is 443 g/mol. The molecule has 0 fully saturated rings. The third kappa shape index (κ3) is 4.76. The van der Waals surface area contributed by atoms with Crippen molar-refractivity contribution in [3.8, 4) is 0 Å². The number of carbonyl (C=O) groups excluding carboxylic acids is 2. The van der Waals surface area contributed by atoms with Crippen LogP contribution in [-0.2, 0) is 16.6 Å². The van der Waals surface area contributed by atoms with Gasteiger partial charge in [0, 0.05) is 18.7 Å². The molecule has 3 N–H and O–H groups in total. The Morgan fingerprint density at radius 1 is 1.03 bits per heavy atom. The van der Waals surface area contributed by atoms with Crippen LogP contribution in [0.5, 0.6) is 0 Å². The Morgan fingerprint density at radius 2 is 1.70 bits per heavy atom. The smallest absolute Gasteiger partial charge is 0.256 e. The first-order valence-electron chi connectivity index (χ1n) is 9.15. The lowest BCUT2D eigenvalue weighted by molar-refractivity contribution is 0.100. The van der Waals surface area contributed by atoms with Gasteiger partial charge in [0.2, 0.25) is 10.0 Å². The van der Waals surface area contributed by atoms with Crippen LogP contribution in [0, 0.1) is 0 Å². The van der Waals surface area contributed by atoms with Crippen LogP contribution in [0.15, 0.2) is 70.9 Å². The lowest BCUT2D eigenvalue weighted by atomic mass is 10.2. The molecule has 3 aromatic rings. The van der Waals surface area contributed by atoms with Crippen LogP contribution in [0.1, 0.15) is 33.2 Å². The summed E-state index contributed by atoms with van der Waals surface area (Å²) in [5.74, 6) is -1.09. The van der Waals surface area contributed by atoms with Gasteiger partial charge in [0.25, 0.3) is 11.8 Å². The zero-order chi connectivity index (χ0) is 21.7. The third-order valence-corrected chi connectivity index (χ3v) is 7.23. The summed E-state index contributed by atoms with van der Waals surface area (Å²) in [5, 5.41) is 4.63. The van der Waals surface area contributed by atoms with Crippen molar-refractivity contribution in [3.05, 3.63) is 82.7 Å². The maximum atomic E-state index is 13.0. The zero-order valence-electron chi connectivity index (χ0n) is 16.2. The molecule has 0 saturated carbocycles. The van der Waals surface area contributed by atoms with Crippen molar-refractivity contribution in [2.24, 2.45) is 5.73 Å². The fourth-order valence-corrected chi connectivity index (χ4v) is 5.08. The van der Waals surface area contributed by atoms with Gasteiger partial charge in [-0.25, -0.2) is 8.42 Å². The molecule has 2 aromatic carbocycles. The van der Waals surface area contributed by atoms with Crippen LogP contribution >= 0.6 is 11.3 Å². The molecule has 2 amide bonds. The summed E-state index contributed by atoms with van der Waals surface area (Å²) in [6, 6.07) is 16.6. The summed E-state index contributed by atoms with van der Waals surface area (Å²) < 4.78 is 27.4. The first-order chi connectivity index (χ1) is 14.3. The largest absolute Gasteiger partial charge is 0.366 e. The number of hydrogen-bond acceptors (Lipinski definition) is 5. The van der Waals surface area contributed by atoms with Crippen molar-refractivity contribution < 1.29 is 18.0 Å². The third-order valence-electron chi connectivity index (χ3n) is 4.47. The maximum absolute atomic E-state index is 13.0. The van der Waals surface area contributed by atoms with E-state index >= 15 is 0 Å². The molecular weight excluding hydrogens is 422 g/mol. The Hall–Kier alpha value is -3.01. The molecule has 1 aromatic heterocycles. The predicted molar refractivity (Wildman–Crippen MR) is 117 cm³/mol. The van der Waals surface area contributed by atoms with E-state index in [1.165, 1.54) is 46.0 Å². The van der Waals surface area contributed by atoms with E-state index in [-0.39, 0.29) is 22.6 Å². The van der Waals surface area contributed by atoms with Gasteiger partial charge >= 0.3 is 0 Å². The Kier molecular flexibility index (Phi) is 6.66. The highest BCUT2D eigenvalue weighted by Crippen LogP contribution is 2.24. The minimum Gasteiger partial charge on any atom is -0.366 e. The maximum Gasteiger partial charge on any atom is 0.256 e. The van der Waals surface area contributed by atoms with Gasteiger partial charge in [-0.1, -0.05) is 37.3 Å². The molecule has 9 heteroatoms. The number of nitrogens with two attached hydrogens (primary N) is 1. The highest BCUT2D eigenvalue weighted by Gasteiger charge is 2.23. The fraction of sp³-hybridized carbons (Fsp3) is 0.143. The average molecular weight is 444 g/mol. The van der Waals surface area contributed by atoms with E-state index in [0.29, 0.717) is 11.5 Å². The molecular formula is C21H21N3O4S2. The number of amides is 2. The number of rotatable bonds is 8. The molecule has 0 radical (unpaired) electrons. The minimum absolute atomic E-state index is 0.103. The van der Waals surface area contributed by atoms with Crippen LogP contribution in [0.2, 0.25) is 0 Å². The molecule has 0 aliphatic rings.